The summed E-state index contributed by atoms with van der Waals surface area (Å²) in [5.41, 5.74) is -0.679. The highest BCUT2D eigenvalue weighted by atomic mass is 79.9. The zero-order valence-electron chi connectivity index (χ0n) is 8.21. The molecule has 0 aliphatic heterocycles. The molecule has 1 aromatic rings. The van der Waals surface area contributed by atoms with E-state index in [0.717, 1.165) is 6.20 Å². The number of aliphatic carboxylic acids is 1. The highest BCUT2D eigenvalue weighted by Crippen LogP contribution is 2.34. The van der Waals surface area contributed by atoms with Crippen LogP contribution in [-0.4, -0.2) is 23.2 Å². The van der Waals surface area contributed by atoms with Crippen molar-refractivity contribution >= 4 is 21.9 Å². The first-order valence-corrected chi connectivity index (χ1v) is 4.97. The van der Waals surface area contributed by atoms with Crippen LogP contribution in [0, 0.1) is 0 Å². The number of halogens is 3. The predicted octanol–water partition coefficient (Wildman–Crippen LogP) is 2.42. The summed E-state index contributed by atoms with van der Waals surface area (Å²) in [6.45, 7) is 0. The zero-order chi connectivity index (χ0) is 12.3. The van der Waals surface area contributed by atoms with Crippen LogP contribution in [0.1, 0.15) is 17.7 Å². The van der Waals surface area contributed by atoms with Crippen molar-refractivity contribution in [2.75, 3.05) is 7.11 Å². The number of aromatic nitrogens is 1. The normalized spacial score (nSPS) is 10.6. The Morgan fingerprint density at radius 3 is 2.75 bits per heavy atom. The van der Waals surface area contributed by atoms with Crippen LogP contribution in [0.15, 0.2) is 10.7 Å². The van der Waals surface area contributed by atoms with Gasteiger partial charge in [-0.2, -0.15) is 0 Å². The van der Waals surface area contributed by atoms with E-state index < -0.39 is 24.5 Å². The molecule has 88 valence electrons. The van der Waals surface area contributed by atoms with Crippen LogP contribution in [-0.2, 0) is 11.2 Å². The molecular weight excluding hydrogens is 288 g/mol. The van der Waals surface area contributed by atoms with Gasteiger partial charge in [0.1, 0.15) is 11.4 Å². The fourth-order valence-corrected chi connectivity index (χ4v) is 1.76. The molecule has 0 aliphatic rings. The monoisotopic (exact) mass is 295 g/mol. The van der Waals surface area contributed by atoms with Gasteiger partial charge in [0.25, 0.3) is 6.43 Å². The molecule has 7 heteroatoms. The Hall–Kier alpha value is -1.24. The van der Waals surface area contributed by atoms with E-state index in [1.807, 2.05) is 0 Å². The molecule has 1 heterocycles. The lowest BCUT2D eigenvalue weighted by Gasteiger charge is -2.12. The quantitative estimate of drug-likeness (QED) is 0.927. The smallest absolute Gasteiger partial charge is 0.308 e. The van der Waals surface area contributed by atoms with E-state index >= 15 is 0 Å². The Morgan fingerprint density at radius 2 is 2.31 bits per heavy atom. The third-order valence-corrected chi connectivity index (χ3v) is 2.42. The van der Waals surface area contributed by atoms with Gasteiger partial charge >= 0.3 is 5.97 Å². The molecule has 0 radical (unpaired) electrons. The molecule has 1 rings (SSSR count). The first kappa shape index (κ1) is 12.8. The first-order chi connectivity index (χ1) is 7.47. The SMILES string of the molecule is COc1c(Br)cnc(C(F)F)c1CC(=O)O. The number of alkyl halides is 2. The maximum atomic E-state index is 12.6. The van der Waals surface area contributed by atoms with Crippen molar-refractivity contribution in [1.82, 2.24) is 4.98 Å². The second-order valence-electron chi connectivity index (χ2n) is 2.87. The number of carbonyl (C=O) groups is 1. The summed E-state index contributed by atoms with van der Waals surface area (Å²) in [7, 11) is 1.28. The molecule has 0 amide bonds. The average molecular weight is 296 g/mol. The molecule has 0 spiro atoms. The van der Waals surface area contributed by atoms with Gasteiger partial charge in [-0.15, -0.1) is 0 Å². The number of nitrogens with zero attached hydrogens (tertiary/aromatic N) is 1. The maximum Gasteiger partial charge on any atom is 0.308 e. The van der Waals surface area contributed by atoms with Gasteiger partial charge in [-0.25, -0.2) is 8.78 Å². The van der Waals surface area contributed by atoms with Gasteiger partial charge in [0.2, 0.25) is 0 Å². The zero-order valence-corrected chi connectivity index (χ0v) is 9.79. The number of ether oxygens (including phenoxy) is 1. The summed E-state index contributed by atoms with van der Waals surface area (Å²) in [5, 5.41) is 8.64. The van der Waals surface area contributed by atoms with Crippen LogP contribution >= 0.6 is 15.9 Å². The first-order valence-electron chi connectivity index (χ1n) is 4.18. The van der Waals surface area contributed by atoms with Gasteiger partial charge in [-0.05, 0) is 15.9 Å². The lowest BCUT2D eigenvalue weighted by Crippen LogP contribution is -2.08. The van der Waals surface area contributed by atoms with E-state index in [1.165, 1.54) is 7.11 Å². The number of carboxylic acids is 1. The summed E-state index contributed by atoms with van der Waals surface area (Å²) >= 11 is 3.06. The van der Waals surface area contributed by atoms with E-state index in [2.05, 4.69) is 20.9 Å². The number of pyridine rings is 1. The van der Waals surface area contributed by atoms with Crippen molar-refractivity contribution in [1.29, 1.82) is 0 Å². The topological polar surface area (TPSA) is 59.4 Å². The highest BCUT2D eigenvalue weighted by Gasteiger charge is 2.22. The predicted molar refractivity (Wildman–Crippen MR) is 54.8 cm³/mol. The molecule has 0 saturated heterocycles. The Bertz CT molecular complexity index is 412. The Balaban J connectivity index is 3.34. The fourth-order valence-electron chi connectivity index (χ4n) is 1.25. The Kier molecular flexibility index (Phi) is 4.17. The van der Waals surface area contributed by atoms with Crippen LogP contribution in [0.5, 0.6) is 5.75 Å². The summed E-state index contributed by atoms with van der Waals surface area (Å²) in [4.78, 5) is 14.1. The highest BCUT2D eigenvalue weighted by molar-refractivity contribution is 9.10. The van der Waals surface area contributed by atoms with E-state index in [-0.39, 0.29) is 11.3 Å². The van der Waals surface area contributed by atoms with E-state index in [4.69, 9.17) is 9.84 Å². The number of hydrogen-bond donors (Lipinski definition) is 1. The fraction of sp³-hybridized carbons (Fsp3) is 0.333. The Labute approximate surface area is 98.4 Å². The van der Waals surface area contributed by atoms with Gasteiger partial charge in [0, 0.05) is 11.8 Å². The lowest BCUT2D eigenvalue weighted by atomic mass is 10.1. The molecular formula is C9H8BrF2NO3. The molecule has 16 heavy (non-hydrogen) atoms. The van der Waals surface area contributed by atoms with Crippen LogP contribution < -0.4 is 4.74 Å². The van der Waals surface area contributed by atoms with Gasteiger partial charge in [-0.1, -0.05) is 0 Å². The average Bonchev–Trinajstić information content (AvgIpc) is 2.16. The third-order valence-electron chi connectivity index (χ3n) is 1.86. The molecule has 0 aliphatic carbocycles. The molecule has 0 unspecified atom stereocenters. The van der Waals surface area contributed by atoms with Gasteiger partial charge in [0.05, 0.1) is 18.0 Å². The molecule has 0 aromatic carbocycles. The van der Waals surface area contributed by atoms with Crippen molar-refractivity contribution in [3.05, 3.63) is 21.9 Å². The van der Waals surface area contributed by atoms with Crippen LogP contribution in [0.4, 0.5) is 8.78 Å². The minimum absolute atomic E-state index is 0.0766. The van der Waals surface area contributed by atoms with Crippen LogP contribution in [0.3, 0.4) is 0 Å². The molecule has 0 fully saturated rings. The van der Waals surface area contributed by atoms with Crippen molar-refractivity contribution in [3.63, 3.8) is 0 Å². The van der Waals surface area contributed by atoms with Gasteiger partial charge < -0.3 is 9.84 Å². The number of hydrogen-bond acceptors (Lipinski definition) is 3. The number of carboxylic acid groups (broad SMARTS) is 1. The largest absolute Gasteiger partial charge is 0.495 e. The molecule has 1 aromatic heterocycles. The van der Waals surface area contributed by atoms with Crippen molar-refractivity contribution in [2.24, 2.45) is 0 Å². The molecule has 4 nitrogen and oxygen atoms in total. The number of methoxy groups -OCH3 is 1. The van der Waals surface area contributed by atoms with Crippen molar-refractivity contribution < 1.29 is 23.4 Å². The van der Waals surface area contributed by atoms with Crippen LogP contribution in [0.25, 0.3) is 0 Å². The maximum absolute atomic E-state index is 12.6. The van der Waals surface area contributed by atoms with Crippen molar-refractivity contribution in [3.8, 4) is 5.75 Å². The summed E-state index contributed by atoms with van der Waals surface area (Å²) < 4.78 is 30.4. The number of rotatable bonds is 4. The summed E-state index contributed by atoms with van der Waals surface area (Å²) in [5.74, 6) is -1.15. The summed E-state index contributed by atoms with van der Waals surface area (Å²) in [6, 6.07) is 0. The second-order valence-corrected chi connectivity index (χ2v) is 3.73. The van der Waals surface area contributed by atoms with Gasteiger partial charge in [0.15, 0.2) is 0 Å². The molecule has 0 atom stereocenters. The molecule has 1 N–H and O–H groups in total. The molecule has 0 saturated carbocycles. The van der Waals surface area contributed by atoms with Gasteiger partial charge in [-0.3, -0.25) is 9.78 Å². The summed E-state index contributed by atoms with van der Waals surface area (Å²) in [6.07, 6.45) is -2.24. The minimum Gasteiger partial charge on any atom is -0.495 e. The Morgan fingerprint density at radius 1 is 1.69 bits per heavy atom. The third kappa shape index (κ3) is 2.66. The second kappa shape index (κ2) is 5.20. The van der Waals surface area contributed by atoms with E-state index in [9.17, 15) is 13.6 Å². The minimum atomic E-state index is -2.84. The van der Waals surface area contributed by atoms with E-state index in [0.29, 0.717) is 4.47 Å². The lowest BCUT2D eigenvalue weighted by molar-refractivity contribution is -0.136. The standard InChI is InChI=1S/C9H8BrF2NO3/c1-16-8-4(2-6(14)15)7(9(11)12)13-3-5(8)10/h3,9H,2H2,1H3,(H,14,15). The van der Waals surface area contributed by atoms with Crippen molar-refractivity contribution in [2.45, 2.75) is 12.8 Å². The molecule has 0 bridgehead atoms. The van der Waals surface area contributed by atoms with E-state index in [1.54, 1.807) is 0 Å². The van der Waals surface area contributed by atoms with Crippen LogP contribution in [0.2, 0.25) is 0 Å².